The number of imidazole rings is 1. The zero-order valence-electron chi connectivity index (χ0n) is 19.7. The minimum Gasteiger partial charge on any atom is -0.494 e. The second-order valence-electron chi connectivity index (χ2n) is 7.43. The number of benzene rings is 1. The van der Waals surface area contributed by atoms with Gasteiger partial charge in [0.1, 0.15) is 34.2 Å². The van der Waals surface area contributed by atoms with Crippen LogP contribution in [0, 0.1) is 0 Å². The minimum atomic E-state index is -4.13. The summed E-state index contributed by atoms with van der Waals surface area (Å²) in [5, 5.41) is 7.48. The van der Waals surface area contributed by atoms with Crippen LogP contribution in [0.4, 0.5) is 5.95 Å². The van der Waals surface area contributed by atoms with Gasteiger partial charge < -0.3 is 19.2 Å². The van der Waals surface area contributed by atoms with Crippen LogP contribution in [0.2, 0.25) is 5.02 Å². The molecular formula is C21H23ClN8O5S. The summed E-state index contributed by atoms with van der Waals surface area (Å²) in [7, 11) is 0.213. The van der Waals surface area contributed by atoms with Crippen LogP contribution in [0.25, 0.3) is 17.2 Å². The van der Waals surface area contributed by atoms with Crippen LogP contribution in [-0.2, 0) is 14.8 Å². The Balaban J connectivity index is 1.81. The smallest absolute Gasteiger partial charge is 0.243 e. The quantitative estimate of drug-likeness (QED) is 0.309. The highest BCUT2D eigenvalue weighted by molar-refractivity contribution is 7.93. The third kappa shape index (κ3) is 4.82. The Labute approximate surface area is 211 Å². The molecule has 3 aromatic heterocycles. The number of methoxy groups -OCH3 is 3. The second-order valence-corrected chi connectivity index (χ2v) is 9.90. The van der Waals surface area contributed by atoms with Gasteiger partial charge >= 0.3 is 0 Å². The lowest BCUT2D eigenvalue weighted by Crippen LogP contribution is -2.33. The average Bonchev–Trinajstić information content (AvgIpc) is 3.54. The third-order valence-electron chi connectivity index (χ3n) is 5.33. The van der Waals surface area contributed by atoms with Gasteiger partial charge in [-0.25, -0.2) is 23.4 Å². The van der Waals surface area contributed by atoms with Crippen molar-refractivity contribution in [1.82, 2.24) is 34.7 Å². The van der Waals surface area contributed by atoms with E-state index in [0.717, 1.165) is 0 Å². The summed E-state index contributed by atoms with van der Waals surface area (Å²) in [4.78, 5) is 15.2. The fraction of sp³-hybridized carbons (Fsp3) is 0.286. The van der Waals surface area contributed by atoms with Crippen molar-refractivity contribution < 1.29 is 22.6 Å². The van der Waals surface area contributed by atoms with Crippen molar-refractivity contribution >= 4 is 27.6 Å². The van der Waals surface area contributed by atoms with Gasteiger partial charge in [-0.05, 0) is 19.1 Å². The van der Waals surface area contributed by atoms with Crippen molar-refractivity contribution in [2.24, 2.45) is 0 Å². The Hall–Kier alpha value is -3.75. The number of hydrogen-bond acceptors (Lipinski definition) is 10. The Bertz CT molecular complexity index is 1410. The van der Waals surface area contributed by atoms with Gasteiger partial charge in [0.2, 0.25) is 16.0 Å². The molecule has 13 nitrogen and oxygen atoms in total. The molecule has 36 heavy (non-hydrogen) atoms. The fourth-order valence-corrected chi connectivity index (χ4v) is 4.75. The number of aromatic amines is 1. The zero-order valence-corrected chi connectivity index (χ0v) is 21.3. The van der Waals surface area contributed by atoms with Gasteiger partial charge in [-0.15, -0.1) is 10.2 Å². The largest absolute Gasteiger partial charge is 0.494 e. The highest BCUT2D eigenvalue weighted by Crippen LogP contribution is 2.37. The van der Waals surface area contributed by atoms with Crippen LogP contribution >= 0.6 is 11.6 Å². The number of halogens is 1. The van der Waals surface area contributed by atoms with Crippen LogP contribution in [0.1, 0.15) is 18.9 Å². The maximum absolute atomic E-state index is 13.5. The van der Waals surface area contributed by atoms with E-state index in [-0.39, 0.29) is 17.6 Å². The Morgan fingerprint density at radius 2 is 1.72 bits per heavy atom. The molecule has 3 heterocycles. The van der Waals surface area contributed by atoms with E-state index in [2.05, 4.69) is 34.9 Å². The number of ether oxygens (including phenoxy) is 3. The van der Waals surface area contributed by atoms with Crippen LogP contribution in [0.15, 0.2) is 43.1 Å². The molecule has 0 bridgehead atoms. The number of rotatable bonds is 10. The van der Waals surface area contributed by atoms with E-state index in [0.29, 0.717) is 27.9 Å². The number of sulfonamides is 1. The van der Waals surface area contributed by atoms with Crippen LogP contribution < -0.4 is 14.2 Å². The van der Waals surface area contributed by atoms with Crippen molar-refractivity contribution in [3.05, 3.63) is 54.0 Å². The number of nitrogens with zero attached hydrogens (tertiary/aromatic N) is 6. The fourth-order valence-electron chi connectivity index (χ4n) is 3.53. The Morgan fingerprint density at radius 1 is 1.06 bits per heavy atom. The van der Waals surface area contributed by atoms with Crippen molar-refractivity contribution in [2.45, 2.75) is 18.3 Å². The van der Waals surface area contributed by atoms with Crippen molar-refractivity contribution in [3.63, 3.8) is 0 Å². The first-order valence-corrected chi connectivity index (χ1v) is 12.4. The molecule has 0 fully saturated rings. The molecule has 2 N–H and O–H groups in total. The van der Waals surface area contributed by atoms with Gasteiger partial charge in [-0.2, -0.15) is 0 Å². The molecule has 4 aromatic rings. The van der Waals surface area contributed by atoms with Gasteiger partial charge in [0.05, 0.1) is 31.8 Å². The standard InChI is InChI=1S/C21H23ClN8O5S/c1-12(18(35-4)19-24-8-13(22)9-25-19)36(31,32)29-21-28-27-20(14-10-23-11-26-14)30(21)17-15(33-2)6-5-7-16(17)34-3/h5-12,18H,1-4H3,(H,23,26)(H,28,29)/t12-,18-/m0/s1. The maximum Gasteiger partial charge on any atom is 0.243 e. The molecular weight excluding hydrogens is 512 g/mol. The SMILES string of the molecule is COc1cccc(OC)c1-n1c(NS(=O)(=O)[C@@H](C)[C@H](OC)c2ncc(Cl)cn2)nnc1-c1cnc[nH]1. The number of H-pyrrole nitrogens is 1. The molecule has 1 aromatic carbocycles. The maximum atomic E-state index is 13.5. The number of hydrogen-bond donors (Lipinski definition) is 2. The summed E-state index contributed by atoms with van der Waals surface area (Å²) in [5.41, 5.74) is 0.866. The molecule has 0 radical (unpaired) electrons. The Morgan fingerprint density at radius 3 is 2.28 bits per heavy atom. The van der Waals surface area contributed by atoms with Crippen molar-refractivity contribution in [2.75, 3.05) is 26.1 Å². The van der Waals surface area contributed by atoms with Crippen LogP contribution in [-0.4, -0.2) is 69.7 Å². The van der Waals surface area contributed by atoms with Gasteiger partial charge in [-0.3, -0.25) is 9.29 Å². The van der Waals surface area contributed by atoms with E-state index in [4.69, 9.17) is 25.8 Å². The summed E-state index contributed by atoms with van der Waals surface area (Å²) >= 11 is 5.86. The lowest BCUT2D eigenvalue weighted by Gasteiger charge is -2.22. The molecule has 0 saturated carbocycles. The number of para-hydroxylation sites is 1. The molecule has 2 atom stereocenters. The lowest BCUT2D eigenvalue weighted by atomic mass is 10.2. The molecule has 0 spiro atoms. The predicted octanol–water partition coefficient (Wildman–Crippen LogP) is 2.64. The summed E-state index contributed by atoms with van der Waals surface area (Å²) in [6, 6.07) is 5.14. The molecule has 190 valence electrons. The minimum absolute atomic E-state index is 0.110. The number of aromatic nitrogens is 7. The van der Waals surface area contributed by atoms with E-state index in [1.807, 2.05) is 0 Å². The van der Waals surface area contributed by atoms with Gasteiger partial charge in [0.25, 0.3) is 0 Å². The normalized spacial score (nSPS) is 13.2. The van der Waals surface area contributed by atoms with E-state index in [1.54, 1.807) is 18.2 Å². The van der Waals surface area contributed by atoms with Crippen LogP contribution in [0.5, 0.6) is 11.5 Å². The first kappa shape index (κ1) is 25.3. The van der Waals surface area contributed by atoms with Crippen molar-refractivity contribution in [3.8, 4) is 28.7 Å². The third-order valence-corrected chi connectivity index (χ3v) is 7.21. The number of nitrogens with one attached hydrogen (secondary N) is 2. The highest BCUT2D eigenvalue weighted by Gasteiger charge is 2.35. The predicted molar refractivity (Wildman–Crippen MR) is 131 cm³/mol. The zero-order chi connectivity index (χ0) is 25.9. The number of anilines is 1. The highest BCUT2D eigenvalue weighted by atomic mass is 35.5. The summed E-state index contributed by atoms with van der Waals surface area (Å²) in [6.45, 7) is 1.47. The van der Waals surface area contributed by atoms with Crippen LogP contribution in [0.3, 0.4) is 0 Å². The summed E-state index contributed by atoms with van der Waals surface area (Å²) in [6.07, 6.45) is 4.73. The monoisotopic (exact) mass is 534 g/mol. The Kier molecular flexibility index (Phi) is 7.37. The van der Waals surface area contributed by atoms with E-state index >= 15 is 0 Å². The van der Waals surface area contributed by atoms with E-state index in [9.17, 15) is 8.42 Å². The van der Waals surface area contributed by atoms with E-state index < -0.39 is 21.4 Å². The lowest BCUT2D eigenvalue weighted by molar-refractivity contribution is 0.0950. The second kappa shape index (κ2) is 10.5. The molecule has 15 heteroatoms. The summed E-state index contributed by atoms with van der Waals surface area (Å²) in [5.74, 6) is 1.11. The molecule has 0 unspecified atom stereocenters. The van der Waals surface area contributed by atoms with Crippen molar-refractivity contribution in [1.29, 1.82) is 0 Å². The van der Waals surface area contributed by atoms with Gasteiger partial charge in [0, 0.05) is 19.5 Å². The summed E-state index contributed by atoms with van der Waals surface area (Å²) < 4.78 is 47.5. The average molecular weight is 535 g/mol. The van der Waals surface area contributed by atoms with E-state index in [1.165, 1.54) is 57.7 Å². The molecule has 0 aliphatic heterocycles. The first-order chi connectivity index (χ1) is 17.3. The molecule has 0 saturated heterocycles. The molecule has 0 amide bonds. The van der Waals surface area contributed by atoms with Gasteiger partial charge in [-0.1, -0.05) is 17.7 Å². The molecule has 0 aliphatic rings. The molecule has 4 rings (SSSR count). The molecule has 0 aliphatic carbocycles. The van der Waals surface area contributed by atoms with Gasteiger partial charge in [0.15, 0.2) is 11.6 Å². The topological polar surface area (TPSA) is 159 Å². The first-order valence-electron chi connectivity index (χ1n) is 10.5.